The maximum Gasteiger partial charge on any atom is 0.238 e. The Balaban J connectivity index is 1.99. The number of aryl methyl sites for hydroxylation is 1. The summed E-state index contributed by atoms with van der Waals surface area (Å²) in [4.78, 5) is 4.57. The number of halogens is 2. The molecule has 27 heavy (non-hydrogen) atoms. The van der Waals surface area contributed by atoms with Crippen LogP contribution in [0.1, 0.15) is 25.6 Å². The Labute approximate surface area is 167 Å². The number of ether oxygens (including phenoxy) is 1. The van der Waals surface area contributed by atoms with Crippen molar-refractivity contribution in [2.45, 2.75) is 37.8 Å². The number of para-hydroxylation sites is 1. The van der Waals surface area contributed by atoms with E-state index in [0.29, 0.717) is 27.1 Å². The first-order valence-electron chi connectivity index (χ1n) is 8.40. The number of sulfonamides is 1. The normalized spacial score (nSPS) is 11.9. The third kappa shape index (κ3) is 4.38. The van der Waals surface area contributed by atoms with Gasteiger partial charge < -0.3 is 9.30 Å². The van der Waals surface area contributed by atoms with Crippen LogP contribution in [0.15, 0.2) is 41.3 Å². The number of nitrogens with two attached hydrogens (primary N) is 1. The lowest BCUT2D eigenvalue weighted by Crippen LogP contribution is -2.11. The van der Waals surface area contributed by atoms with Crippen LogP contribution in [0.5, 0.6) is 5.75 Å². The Morgan fingerprint density at radius 1 is 1.19 bits per heavy atom. The van der Waals surface area contributed by atoms with Gasteiger partial charge in [0.25, 0.3) is 0 Å². The van der Waals surface area contributed by atoms with Crippen LogP contribution in [-0.4, -0.2) is 18.0 Å². The predicted molar refractivity (Wildman–Crippen MR) is 107 cm³/mol. The van der Waals surface area contributed by atoms with Gasteiger partial charge in [0.05, 0.1) is 26.0 Å². The van der Waals surface area contributed by atoms with Crippen molar-refractivity contribution in [3.05, 3.63) is 52.3 Å². The summed E-state index contributed by atoms with van der Waals surface area (Å²) in [5.74, 6) is 1.04. The van der Waals surface area contributed by atoms with Gasteiger partial charge in [-0.2, -0.15) is 0 Å². The molecule has 0 spiro atoms. The summed E-state index contributed by atoms with van der Waals surface area (Å²) in [6, 6.07) is 9.80. The van der Waals surface area contributed by atoms with Crippen LogP contribution < -0.4 is 9.88 Å². The van der Waals surface area contributed by atoms with Crippen LogP contribution in [0.3, 0.4) is 0 Å². The molecule has 1 heterocycles. The lowest BCUT2D eigenvalue weighted by Gasteiger charge is -2.12. The summed E-state index contributed by atoms with van der Waals surface area (Å²) in [5.41, 5.74) is 1.36. The van der Waals surface area contributed by atoms with Gasteiger partial charge >= 0.3 is 0 Å². The topological polar surface area (TPSA) is 87.2 Å². The molecule has 0 aliphatic carbocycles. The van der Waals surface area contributed by atoms with Gasteiger partial charge in [0.15, 0.2) is 5.75 Å². The fourth-order valence-corrected chi connectivity index (χ4v) is 3.81. The van der Waals surface area contributed by atoms with Crippen molar-refractivity contribution in [3.8, 4) is 5.75 Å². The lowest BCUT2D eigenvalue weighted by molar-refractivity contribution is 0.290. The lowest BCUT2D eigenvalue weighted by atomic mass is 10.3. The molecule has 1 aromatic heterocycles. The molecule has 9 heteroatoms. The first-order valence-corrected chi connectivity index (χ1v) is 10.7. The number of primary sulfonamides is 1. The molecule has 3 rings (SSSR count). The third-order valence-electron chi connectivity index (χ3n) is 4.13. The van der Waals surface area contributed by atoms with Crippen molar-refractivity contribution in [2.75, 3.05) is 0 Å². The summed E-state index contributed by atoms with van der Waals surface area (Å²) in [6.07, 6.45) is 1.95. The molecule has 0 radical (unpaired) electrons. The van der Waals surface area contributed by atoms with Gasteiger partial charge in [0.2, 0.25) is 10.0 Å². The number of benzene rings is 2. The van der Waals surface area contributed by atoms with E-state index in [-0.39, 0.29) is 11.5 Å². The average Bonchev–Trinajstić information content (AvgIpc) is 2.95. The van der Waals surface area contributed by atoms with Gasteiger partial charge in [-0.25, -0.2) is 18.5 Å². The van der Waals surface area contributed by atoms with Gasteiger partial charge in [-0.3, -0.25) is 0 Å². The zero-order chi connectivity index (χ0) is 19.6. The van der Waals surface area contributed by atoms with Gasteiger partial charge in [0.1, 0.15) is 12.4 Å². The minimum atomic E-state index is -3.80. The maximum atomic E-state index is 11.6. The van der Waals surface area contributed by atoms with E-state index in [1.807, 2.05) is 4.57 Å². The van der Waals surface area contributed by atoms with Crippen molar-refractivity contribution >= 4 is 44.3 Å². The molecule has 2 N–H and O–H groups in total. The molecule has 0 aliphatic heterocycles. The van der Waals surface area contributed by atoms with Crippen molar-refractivity contribution in [3.63, 3.8) is 0 Å². The van der Waals surface area contributed by atoms with Crippen molar-refractivity contribution in [2.24, 2.45) is 5.14 Å². The minimum absolute atomic E-state index is 0.0248. The second kappa shape index (κ2) is 8.06. The van der Waals surface area contributed by atoms with Crippen LogP contribution in [0.25, 0.3) is 11.0 Å². The Kier molecular flexibility index (Phi) is 5.95. The number of hydrogen-bond donors (Lipinski definition) is 1. The number of nitrogens with zero attached hydrogens (tertiary/aromatic N) is 2. The molecule has 0 saturated carbocycles. The number of unbranched alkanes of at least 4 members (excludes halogenated alkanes) is 1. The van der Waals surface area contributed by atoms with Gasteiger partial charge in [-0.1, -0.05) is 42.6 Å². The summed E-state index contributed by atoms with van der Waals surface area (Å²) >= 11 is 12.3. The molecule has 0 saturated heterocycles. The number of fused-ring (bicyclic) bond motifs is 1. The van der Waals surface area contributed by atoms with E-state index in [1.54, 1.807) is 24.3 Å². The summed E-state index contributed by atoms with van der Waals surface area (Å²) in [6.45, 7) is 2.97. The highest BCUT2D eigenvalue weighted by Crippen LogP contribution is 2.33. The average molecular weight is 428 g/mol. The maximum absolute atomic E-state index is 11.6. The van der Waals surface area contributed by atoms with Gasteiger partial charge in [-0.15, -0.1) is 0 Å². The molecule has 0 fully saturated rings. The Morgan fingerprint density at radius 2 is 1.89 bits per heavy atom. The molecule has 0 unspecified atom stereocenters. The SMILES string of the molecule is CCCCn1c(COc2c(Cl)cccc2Cl)nc2cc(S(N)(=O)=O)ccc21. The number of rotatable bonds is 7. The zero-order valence-corrected chi connectivity index (χ0v) is 17.0. The Hall–Kier alpha value is -1.80. The summed E-state index contributed by atoms with van der Waals surface area (Å²) in [5, 5.41) is 6.05. The molecule has 2 aromatic carbocycles. The van der Waals surface area contributed by atoms with Gasteiger partial charge in [-0.05, 0) is 36.8 Å². The van der Waals surface area contributed by atoms with E-state index in [4.69, 9.17) is 33.1 Å². The van der Waals surface area contributed by atoms with Crippen LogP contribution in [0.2, 0.25) is 10.0 Å². The van der Waals surface area contributed by atoms with Crippen LogP contribution >= 0.6 is 23.2 Å². The van der Waals surface area contributed by atoms with Gasteiger partial charge in [0, 0.05) is 6.54 Å². The third-order valence-corrected chi connectivity index (χ3v) is 5.63. The summed E-state index contributed by atoms with van der Waals surface area (Å²) < 4.78 is 31.1. The second-order valence-corrected chi connectivity index (χ2v) is 8.44. The van der Waals surface area contributed by atoms with E-state index < -0.39 is 10.0 Å². The highest BCUT2D eigenvalue weighted by molar-refractivity contribution is 7.89. The van der Waals surface area contributed by atoms with Crippen LogP contribution in [0.4, 0.5) is 0 Å². The molecule has 0 aliphatic rings. The fourth-order valence-electron chi connectivity index (χ4n) is 2.77. The smallest absolute Gasteiger partial charge is 0.238 e. The van der Waals surface area contributed by atoms with E-state index in [1.165, 1.54) is 12.1 Å². The van der Waals surface area contributed by atoms with Crippen molar-refractivity contribution in [1.82, 2.24) is 9.55 Å². The minimum Gasteiger partial charge on any atom is -0.483 e. The Bertz CT molecular complexity index is 1060. The second-order valence-electron chi connectivity index (χ2n) is 6.07. The molecule has 6 nitrogen and oxygen atoms in total. The monoisotopic (exact) mass is 427 g/mol. The van der Waals surface area contributed by atoms with E-state index >= 15 is 0 Å². The van der Waals surface area contributed by atoms with E-state index in [9.17, 15) is 8.42 Å². The fraction of sp³-hybridized carbons (Fsp3) is 0.278. The largest absolute Gasteiger partial charge is 0.483 e. The molecule has 0 bridgehead atoms. The Morgan fingerprint density at radius 3 is 2.52 bits per heavy atom. The number of hydrogen-bond acceptors (Lipinski definition) is 4. The molecule has 144 valence electrons. The standard InChI is InChI=1S/C18H19Cl2N3O3S/c1-2-3-9-23-16-8-7-12(27(21,24)25)10-15(16)22-17(23)11-26-18-13(19)5-4-6-14(18)20/h4-8,10H,2-3,9,11H2,1H3,(H2,21,24,25). The molecular formula is C18H19Cl2N3O3S. The summed E-state index contributed by atoms with van der Waals surface area (Å²) in [7, 11) is -3.80. The highest BCUT2D eigenvalue weighted by Gasteiger charge is 2.16. The van der Waals surface area contributed by atoms with Crippen molar-refractivity contribution in [1.29, 1.82) is 0 Å². The molecule has 3 aromatic rings. The van der Waals surface area contributed by atoms with Crippen LogP contribution in [0, 0.1) is 0 Å². The first kappa shape index (κ1) is 19.9. The predicted octanol–water partition coefficient (Wildman–Crippen LogP) is 4.37. The van der Waals surface area contributed by atoms with Crippen LogP contribution in [-0.2, 0) is 23.2 Å². The molecule has 0 amide bonds. The highest BCUT2D eigenvalue weighted by atomic mass is 35.5. The van der Waals surface area contributed by atoms with E-state index in [0.717, 1.165) is 24.9 Å². The zero-order valence-electron chi connectivity index (χ0n) is 14.7. The first-order chi connectivity index (χ1) is 12.8. The van der Waals surface area contributed by atoms with E-state index in [2.05, 4.69) is 11.9 Å². The quantitative estimate of drug-likeness (QED) is 0.606. The number of imidazole rings is 1. The van der Waals surface area contributed by atoms with Crippen molar-refractivity contribution < 1.29 is 13.2 Å². The molecular weight excluding hydrogens is 409 g/mol. The molecule has 0 atom stereocenters. The number of aromatic nitrogens is 2.